The highest BCUT2D eigenvalue weighted by Gasteiger charge is 2.20. The van der Waals surface area contributed by atoms with Crippen molar-refractivity contribution in [2.45, 2.75) is 39.2 Å². The molecule has 96 valence electrons. The molecule has 1 amide bonds. The van der Waals surface area contributed by atoms with E-state index < -0.39 is 6.04 Å². The van der Waals surface area contributed by atoms with E-state index in [9.17, 15) is 10.1 Å². The number of nitriles is 1. The minimum atomic E-state index is -0.491. The third kappa shape index (κ3) is 3.59. The van der Waals surface area contributed by atoms with Gasteiger partial charge in [-0.1, -0.05) is 43.2 Å². The second-order valence-electron chi connectivity index (χ2n) is 4.55. The Bertz CT molecular complexity index is 448. The number of rotatable bonds is 5. The lowest BCUT2D eigenvalue weighted by molar-refractivity contribution is -0.131. The molecule has 18 heavy (non-hydrogen) atoms. The topological polar surface area (TPSA) is 44.1 Å². The molecule has 0 fully saturated rings. The second-order valence-corrected chi connectivity index (χ2v) is 4.55. The molecule has 0 aliphatic carbocycles. The van der Waals surface area contributed by atoms with Gasteiger partial charge in [0, 0.05) is 13.5 Å². The van der Waals surface area contributed by atoms with E-state index in [0.717, 1.165) is 24.0 Å². The molecule has 0 heterocycles. The highest BCUT2D eigenvalue weighted by atomic mass is 16.2. The Morgan fingerprint density at radius 2 is 2.22 bits per heavy atom. The molecule has 1 aromatic carbocycles. The molecule has 0 bridgehead atoms. The van der Waals surface area contributed by atoms with E-state index in [1.165, 1.54) is 0 Å². The maximum Gasteiger partial charge on any atom is 0.223 e. The molecule has 0 saturated heterocycles. The molecule has 0 aromatic heterocycles. The van der Waals surface area contributed by atoms with Crippen molar-refractivity contribution in [3.8, 4) is 6.07 Å². The first kappa shape index (κ1) is 14.2. The number of aryl methyl sites for hydroxylation is 1. The van der Waals surface area contributed by atoms with Crippen molar-refractivity contribution in [3.05, 3.63) is 35.4 Å². The highest BCUT2D eigenvalue weighted by Crippen LogP contribution is 2.20. The monoisotopic (exact) mass is 244 g/mol. The fourth-order valence-electron chi connectivity index (χ4n) is 1.87. The summed E-state index contributed by atoms with van der Waals surface area (Å²) in [6.45, 7) is 4.03. The van der Waals surface area contributed by atoms with Gasteiger partial charge in [0.05, 0.1) is 6.07 Å². The lowest BCUT2D eigenvalue weighted by Gasteiger charge is -2.23. The number of hydrogen-bond acceptors (Lipinski definition) is 2. The van der Waals surface area contributed by atoms with E-state index in [1.807, 2.05) is 31.2 Å². The van der Waals surface area contributed by atoms with Crippen LogP contribution in [0.4, 0.5) is 0 Å². The molecule has 0 radical (unpaired) electrons. The predicted octanol–water partition coefficient (Wildman–Crippen LogP) is 3.21. The van der Waals surface area contributed by atoms with Gasteiger partial charge in [-0.15, -0.1) is 0 Å². The van der Waals surface area contributed by atoms with Gasteiger partial charge in [0.25, 0.3) is 0 Å². The van der Waals surface area contributed by atoms with Crippen LogP contribution < -0.4 is 0 Å². The van der Waals surface area contributed by atoms with Crippen molar-refractivity contribution in [2.24, 2.45) is 0 Å². The zero-order chi connectivity index (χ0) is 13.5. The fraction of sp³-hybridized carbons (Fsp3) is 0.467. The van der Waals surface area contributed by atoms with Gasteiger partial charge in [0.1, 0.15) is 6.04 Å². The third-order valence-electron chi connectivity index (χ3n) is 3.01. The van der Waals surface area contributed by atoms with Gasteiger partial charge < -0.3 is 4.90 Å². The van der Waals surface area contributed by atoms with Crippen molar-refractivity contribution in [3.63, 3.8) is 0 Å². The average Bonchev–Trinajstić information content (AvgIpc) is 2.36. The van der Waals surface area contributed by atoms with E-state index in [2.05, 4.69) is 13.0 Å². The summed E-state index contributed by atoms with van der Waals surface area (Å²) in [5, 5.41) is 9.27. The lowest BCUT2D eigenvalue weighted by atomic mass is 10.0. The van der Waals surface area contributed by atoms with Gasteiger partial charge in [-0.3, -0.25) is 4.79 Å². The summed E-state index contributed by atoms with van der Waals surface area (Å²) < 4.78 is 0. The molecule has 0 aliphatic rings. The van der Waals surface area contributed by atoms with Crippen LogP contribution in [-0.4, -0.2) is 17.9 Å². The summed E-state index contributed by atoms with van der Waals surface area (Å²) in [5.74, 6) is 0.0323. The molecule has 1 aromatic rings. The Labute approximate surface area is 109 Å². The van der Waals surface area contributed by atoms with E-state index in [1.54, 1.807) is 11.9 Å². The zero-order valence-electron chi connectivity index (χ0n) is 11.3. The Morgan fingerprint density at radius 3 is 2.78 bits per heavy atom. The van der Waals surface area contributed by atoms with Crippen LogP contribution in [0.25, 0.3) is 0 Å². The van der Waals surface area contributed by atoms with Crippen molar-refractivity contribution < 1.29 is 4.79 Å². The van der Waals surface area contributed by atoms with Crippen LogP contribution >= 0.6 is 0 Å². The number of hydrogen-bond donors (Lipinski definition) is 0. The standard InChI is InChI=1S/C15H20N2O/c1-4-5-9-15(18)17(3)14(11-16)13-8-6-7-12(2)10-13/h6-8,10,14H,4-5,9H2,1-3H3. The maximum atomic E-state index is 11.9. The number of benzene rings is 1. The van der Waals surface area contributed by atoms with Gasteiger partial charge >= 0.3 is 0 Å². The summed E-state index contributed by atoms with van der Waals surface area (Å²) in [4.78, 5) is 13.5. The van der Waals surface area contributed by atoms with Crippen LogP contribution in [-0.2, 0) is 4.79 Å². The highest BCUT2D eigenvalue weighted by molar-refractivity contribution is 5.76. The van der Waals surface area contributed by atoms with Crippen LogP contribution in [0.15, 0.2) is 24.3 Å². The van der Waals surface area contributed by atoms with Crippen molar-refractivity contribution in [1.82, 2.24) is 4.90 Å². The van der Waals surface area contributed by atoms with E-state index in [0.29, 0.717) is 6.42 Å². The number of carbonyl (C=O) groups is 1. The Kier molecular flexibility index (Phi) is 5.38. The summed E-state index contributed by atoms with van der Waals surface area (Å²) in [6.07, 6.45) is 2.37. The van der Waals surface area contributed by atoms with E-state index in [4.69, 9.17) is 0 Å². The number of amides is 1. The van der Waals surface area contributed by atoms with Crippen LogP contribution in [0, 0.1) is 18.3 Å². The molecule has 0 aliphatic heterocycles. The zero-order valence-corrected chi connectivity index (χ0v) is 11.3. The Balaban J connectivity index is 2.84. The Morgan fingerprint density at radius 1 is 1.50 bits per heavy atom. The number of unbranched alkanes of at least 4 members (excludes halogenated alkanes) is 1. The van der Waals surface area contributed by atoms with Gasteiger partial charge in [-0.2, -0.15) is 5.26 Å². The third-order valence-corrected chi connectivity index (χ3v) is 3.01. The average molecular weight is 244 g/mol. The van der Waals surface area contributed by atoms with Crippen molar-refractivity contribution in [1.29, 1.82) is 5.26 Å². The summed E-state index contributed by atoms with van der Waals surface area (Å²) in [5.41, 5.74) is 1.98. The van der Waals surface area contributed by atoms with Gasteiger partial charge in [0.2, 0.25) is 5.91 Å². The number of carbonyl (C=O) groups excluding carboxylic acids is 1. The molecule has 1 rings (SSSR count). The van der Waals surface area contributed by atoms with Gasteiger partial charge in [0.15, 0.2) is 0 Å². The van der Waals surface area contributed by atoms with Gasteiger partial charge in [-0.25, -0.2) is 0 Å². The molecular formula is C15H20N2O. The first-order chi connectivity index (χ1) is 8.60. The van der Waals surface area contributed by atoms with Gasteiger partial charge in [-0.05, 0) is 18.9 Å². The Hall–Kier alpha value is -1.82. The molecule has 1 atom stereocenters. The van der Waals surface area contributed by atoms with E-state index in [-0.39, 0.29) is 5.91 Å². The fourth-order valence-corrected chi connectivity index (χ4v) is 1.87. The minimum Gasteiger partial charge on any atom is -0.326 e. The molecule has 1 unspecified atom stereocenters. The molecule has 0 saturated carbocycles. The second kappa shape index (κ2) is 6.80. The smallest absolute Gasteiger partial charge is 0.223 e. The van der Waals surface area contributed by atoms with Crippen molar-refractivity contribution in [2.75, 3.05) is 7.05 Å². The summed E-state index contributed by atoms with van der Waals surface area (Å²) in [6, 6.07) is 9.46. The van der Waals surface area contributed by atoms with Crippen LogP contribution in [0.3, 0.4) is 0 Å². The maximum absolute atomic E-state index is 11.9. The summed E-state index contributed by atoms with van der Waals surface area (Å²) in [7, 11) is 1.70. The minimum absolute atomic E-state index is 0.0323. The molecule has 3 nitrogen and oxygen atoms in total. The molecule has 0 spiro atoms. The normalized spacial score (nSPS) is 11.7. The largest absolute Gasteiger partial charge is 0.326 e. The summed E-state index contributed by atoms with van der Waals surface area (Å²) >= 11 is 0. The molecular weight excluding hydrogens is 224 g/mol. The molecule has 0 N–H and O–H groups in total. The molecule has 3 heteroatoms. The quantitative estimate of drug-likeness (QED) is 0.798. The lowest BCUT2D eigenvalue weighted by Crippen LogP contribution is -2.30. The van der Waals surface area contributed by atoms with Crippen molar-refractivity contribution >= 4 is 5.91 Å². The SMILES string of the molecule is CCCCC(=O)N(C)C(C#N)c1cccc(C)c1. The number of nitrogens with zero attached hydrogens (tertiary/aromatic N) is 2. The first-order valence-corrected chi connectivity index (χ1v) is 6.32. The van der Waals surface area contributed by atoms with Crippen LogP contribution in [0.2, 0.25) is 0 Å². The van der Waals surface area contributed by atoms with Crippen LogP contribution in [0.5, 0.6) is 0 Å². The van der Waals surface area contributed by atoms with Crippen LogP contribution in [0.1, 0.15) is 43.4 Å². The predicted molar refractivity (Wildman–Crippen MR) is 71.8 cm³/mol. The first-order valence-electron chi connectivity index (χ1n) is 6.32. The van der Waals surface area contributed by atoms with E-state index >= 15 is 0 Å².